The van der Waals surface area contributed by atoms with E-state index in [1.54, 1.807) is 6.20 Å². The maximum Gasteiger partial charge on any atom is 0.0710 e. The minimum Gasteiger partial charge on any atom is -0.271 e. The zero-order chi connectivity index (χ0) is 14.8. The van der Waals surface area contributed by atoms with Gasteiger partial charge in [0.2, 0.25) is 0 Å². The van der Waals surface area contributed by atoms with Crippen LogP contribution in [0.1, 0.15) is 22.7 Å². The molecule has 3 rings (SSSR count). The van der Waals surface area contributed by atoms with E-state index < -0.39 is 0 Å². The van der Waals surface area contributed by atoms with E-state index in [0.717, 1.165) is 26.5 Å². The Hall–Kier alpha value is -1.75. The minimum absolute atomic E-state index is 0.0502. The average molecular weight is 342 g/mol. The van der Waals surface area contributed by atoms with E-state index in [0.29, 0.717) is 0 Å². The Bertz CT molecular complexity index is 766. The molecule has 1 unspecified atom stereocenters. The number of hydrogen-bond donors (Lipinski definition) is 2. The average Bonchev–Trinajstić information content (AvgIpc) is 2.47. The summed E-state index contributed by atoms with van der Waals surface area (Å²) in [5.74, 6) is 5.80. The van der Waals surface area contributed by atoms with Crippen molar-refractivity contribution in [2.45, 2.75) is 13.0 Å². The Morgan fingerprint density at radius 3 is 2.71 bits per heavy atom. The number of benzene rings is 2. The van der Waals surface area contributed by atoms with Crippen molar-refractivity contribution in [3.63, 3.8) is 0 Å². The number of hydrazine groups is 1. The molecule has 0 bridgehead atoms. The molecule has 0 radical (unpaired) electrons. The zero-order valence-electron chi connectivity index (χ0n) is 11.7. The van der Waals surface area contributed by atoms with E-state index >= 15 is 0 Å². The molecule has 0 saturated carbocycles. The molecular formula is C17H16BrN3. The van der Waals surface area contributed by atoms with Crippen LogP contribution >= 0.6 is 15.9 Å². The van der Waals surface area contributed by atoms with Gasteiger partial charge in [-0.15, -0.1) is 0 Å². The van der Waals surface area contributed by atoms with Crippen LogP contribution in [0, 0.1) is 6.92 Å². The van der Waals surface area contributed by atoms with E-state index in [1.807, 2.05) is 12.1 Å². The number of rotatable bonds is 3. The Morgan fingerprint density at radius 1 is 1.10 bits per heavy atom. The van der Waals surface area contributed by atoms with Gasteiger partial charge in [-0.1, -0.05) is 34.1 Å². The van der Waals surface area contributed by atoms with Crippen LogP contribution in [0.2, 0.25) is 0 Å². The smallest absolute Gasteiger partial charge is 0.0710 e. The summed E-state index contributed by atoms with van der Waals surface area (Å²) >= 11 is 3.54. The van der Waals surface area contributed by atoms with Crippen LogP contribution in [0.4, 0.5) is 0 Å². The first-order valence-electron chi connectivity index (χ1n) is 6.75. The van der Waals surface area contributed by atoms with E-state index in [1.165, 1.54) is 5.56 Å². The lowest BCUT2D eigenvalue weighted by Crippen LogP contribution is -2.28. The summed E-state index contributed by atoms with van der Waals surface area (Å²) in [4.78, 5) is 4.35. The molecule has 1 atom stereocenters. The first-order valence-corrected chi connectivity index (χ1v) is 7.54. The number of aromatic nitrogens is 1. The van der Waals surface area contributed by atoms with Crippen molar-refractivity contribution in [3.05, 3.63) is 75.9 Å². The lowest BCUT2D eigenvalue weighted by atomic mass is 9.96. The van der Waals surface area contributed by atoms with Crippen molar-refractivity contribution >= 4 is 26.8 Å². The van der Waals surface area contributed by atoms with Gasteiger partial charge < -0.3 is 0 Å². The molecule has 0 amide bonds. The highest BCUT2D eigenvalue weighted by Gasteiger charge is 2.14. The summed E-state index contributed by atoms with van der Waals surface area (Å²) in [6, 6.07) is 16.5. The molecule has 3 aromatic rings. The van der Waals surface area contributed by atoms with Crippen molar-refractivity contribution in [1.82, 2.24) is 10.4 Å². The Morgan fingerprint density at radius 2 is 1.95 bits per heavy atom. The lowest BCUT2D eigenvalue weighted by molar-refractivity contribution is 0.637. The van der Waals surface area contributed by atoms with Crippen LogP contribution in [0.5, 0.6) is 0 Å². The van der Waals surface area contributed by atoms with Gasteiger partial charge in [0, 0.05) is 16.1 Å². The number of halogens is 1. The van der Waals surface area contributed by atoms with E-state index in [9.17, 15) is 0 Å². The molecule has 3 nitrogen and oxygen atoms in total. The lowest BCUT2D eigenvalue weighted by Gasteiger charge is -2.18. The molecule has 1 aromatic heterocycles. The summed E-state index contributed by atoms with van der Waals surface area (Å²) in [7, 11) is 0. The molecule has 0 aliphatic rings. The van der Waals surface area contributed by atoms with Gasteiger partial charge in [-0.05, 0) is 53.9 Å². The van der Waals surface area contributed by atoms with Crippen LogP contribution in [0.25, 0.3) is 10.9 Å². The van der Waals surface area contributed by atoms with Gasteiger partial charge in [-0.2, -0.15) is 0 Å². The Balaban J connectivity index is 2.08. The second-order valence-electron chi connectivity index (χ2n) is 5.12. The second-order valence-corrected chi connectivity index (χ2v) is 6.03. The number of hydrogen-bond acceptors (Lipinski definition) is 3. The molecule has 0 saturated heterocycles. The molecule has 0 fully saturated rings. The SMILES string of the molecule is Cc1cc(Br)cc(C(NN)c2ccc3ncccc3c2)c1. The molecule has 21 heavy (non-hydrogen) atoms. The monoisotopic (exact) mass is 341 g/mol. The van der Waals surface area contributed by atoms with E-state index in [2.05, 4.69) is 69.7 Å². The van der Waals surface area contributed by atoms with Crippen molar-refractivity contribution in [2.24, 2.45) is 5.84 Å². The predicted octanol–water partition coefficient (Wildman–Crippen LogP) is 3.86. The second kappa shape index (κ2) is 5.93. The van der Waals surface area contributed by atoms with Crippen molar-refractivity contribution < 1.29 is 0 Å². The predicted molar refractivity (Wildman–Crippen MR) is 89.8 cm³/mol. The fraction of sp³-hybridized carbons (Fsp3) is 0.118. The van der Waals surface area contributed by atoms with Crippen molar-refractivity contribution in [3.8, 4) is 0 Å². The number of pyridine rings is 1. The Labute approximate surface area is 132 Å². The van der Waals surface area contributed by atoms with Gasteiger partial charge >= 0.3 is 0 Å². The number of aryl methyl sites for hydroxylation is 1. The standard InChI is InChI=1S/C17H16BrN3/c1-11-7-14(10-15(18)8-11)17(21-19)13-4-5-16-12(9-13)3-2-6-20-16/h2-10,17,21H,19H2,1H3. The third-order valence-electron chi connectivity index (χ3n) is 3.52. The van der Waals surface area contributed by atoms with Crippen LogP contribution in [-0.2, 0) is 0 Å². The molecule has 106 valence electrons. The van der Waals surface area contributed by atoms with Gasteiger partial charge in [0.15, 0.2) is 0 Å². The molecule has 0 aliphatic heterocycles. The third kappa shape index (κ3) is 2.97. The van der Waals surface area contributed by atoms with Crippen LogP contribution in [-0.4, -0.2) is 4.98 Å². The first kappa shape index (κ1) is 14.2. The van der Waals surface area contributed by atoms with Gasteiger partial charge in [0.05, 0.1) is 11.6 Å². The van der Waals surface area contributed by atoms with Gasteiger partial charge in [0.1, 0.15) is 0 Å². The zero-order valence-corrected chi connectivity index (χ0v) is 13.3. The number of nitrogens with zero attached hydrogens (tertiary/aromatic N) is 1. The molecule has 3 N–H and O–H groups in total. The van der Waals surface area contributed by atoms with Crippen LogP contribution in [0.15, 0.2) is 59.2 Å². The Kier molecular flexibility index (Phi) is 4.01. The summed E-state index contributed by atoms with van der Waals surface area (Å²) in [6.07, 6.45) is 1.80. The number of nitrogens with one attached hydrogen (secondary N) is 1. The highest BCUT2D eigenvalue weighted by molar-refractivity contribution is 9.10. The molecule has 1 heterocycles. The molecular weight excluding hydrogens is 326 g/mol. The highest BCUT2D eigenvalue weighted by Crippen LogP contribution is 2.27. The van der Waals surface area contributed by atoms with Gasteiger partial charge in [0.25, 0.3) is 0 Å². The maximum atomic E-state index is 5.80. The fourth-order valence-electron chi connectivity index (χ4n) is 2.59. The normalized spacial score (nSPS) is 12.5. The summed E-state index contributed by atoms with van der Waals surface area (Å²) in [6.45, 7) is 2.08. The van der Waals surface area contributed by atoms with Crippen LogP contribution in [0.3, 0.4) is 0 Å². The number of nitrogens with two attached hydrogens (primary N) is 1. The maximum absolute atomic E-state index is 5.80. The van der Waals surface area contributed by atoms with Crippen molar-refractivity contribution in [2.75, 3.05) is 0 Å². The fourth-order valence-corrected chi connectivity index (χ4v) is 3.22. The molecule has 2 aromatic carbocycles. The van der Waals surface area contributed by atoms with Gasteiger partial charge in [-0.3, -0.25) is 10.8 Å². The summed E-state index contributed by atoms with van der Waals surface area (Å²) in [5, 5.41) is 1.11. The largest absolute Gasteiger partial charge is 0.271 e. The molecule has 0 aliphatic carbocycles. The summed E-state index contributed by atoms with van der Waals surface area (Å²) < 4.78 is 1.06. The first-order chi connectivity index (χ1) is 10.2. The topological polar surface area (TPSA) is 50.9 Å². The molecule has 0 spiro atoms. The minimum atomic E-state index is -0.0502. The number of fused-ring (bicyclic) bond motifs is 1. The van der Waals surface area contributed by atoms with E-state index in [-0.39, 0.29) is 6.04 Å². The quantitative estimate of drug-likeness (QED) is 0.561. The summed E-state index contributed by atoms with van der Waals surface area (Å²) in [5.41, 5.74) is 7.35. The third-order valence-corrected chi connectivity index (χ3v) is 3.98. The van der Waals surface area contributed by atoms with Crippen LogP contribution < -0.4 is 11.3 Å². The van der Waals surface area contributed by atoms with E-state index in [4.69, 9.17) is 5.84 Å². The molecule has 4 heteroatoms. The van der Waals surface area contributed by atoms with Crippen molar-refractivity contribution in [1.29, 1.82) is 0 Å². The van der Waals surface area contributed by atoms with Gasteiger partial charge in [-0.25, -0.2) is 5.43 Å². The highest BCUT2D eigenvalue weighted by atomic mass is 79.9.